The lowest BCUT2D eigenvalue weighted by Gasteiger charge is -2.32. The zero-order valence-corrected chi connectivity index (χ0v) is 15.2. The molecule has 1 saturated heterocycles. The number of rotatable bonds is 4. The van der Waals surface area contributed by atoms with Crippen molar-refractivity contribution in [1.82, 2.24) is 4.90 Å². The first-order chi connectivity index (χ1) is 11.1. The smallest absolute Gasteiger partial charge is 0.412 e. The molecule has 134 valence electrons. The molecule has 0 saturated carbocycles. The van der Waals surface area contributed by atoms with E-state index in [9.17, 15) is 14.2 Å². The van der Waals surface area contributed by atoms with Gasteiger partial charge in [0.2, 0.25) is 0 Å². The van der Waals surface area contributed by atoms with Gasteiger partial charge < -0.3 is 18.2 Å². The summed E-state index contributed by atoms with van der Waals surface area (Å²) < 4.78 is 33.4. The third-order valence-electron chi connectivity index (χ3n) is 3.57. The molecule has 0 aromatic carbocycles. The quantitative estimate of drug-likeness (QED) is 0.761. The first kappa shape index (κ1) is 18.7. The Labute approximate surface area is 140 Å². The summed E-state index contributed by atoms with van der Waals surface area (Å²) in [6, 6.07) is 2.56. The highest BCUT2D eigenvalue weighted by atomic mass is 31.2. The molecule has 1 fully saturated rings. The van der Waals surface area contributed by atoms with Gasteiger partial charge in [-0.25, -0.2) is 4.79 Å². The van der Waals surface area contributed by atoms with Crippen molar-refractivity contribution in [2.24, 2.45) is 0 Å². The van der Waals surface area contributed by atoms with Crippen LogP contribution in [0.25, 0.3) is 0 Å². The summed E-state index contributed by atoms with van der Waals surface area (Å²) in [5, 5.41) is 0. The predicted octanol–water partition coefficient (Wildman–Crippen LogP) is 3.34. The summed E-state index contributed by atoms with van der Waals surface area (Å²) in [5.74, 6) is -1.41. The lowest BCUT2D eigenvalue weighted by molar-refractivity contribution is -0.118. The maximum atomic E-state index is 12.8. The SMILES string of the molecule is COP(=O)(OC)[C@@H]1C(=O)C[C@H](c2ccco2)N1C(=O)OC(C)(C)C. The number of amides is 1. The van der Waals surface area contributed by atoms with Crippen molar-refractivity contribution in [2.45, 2.75) is 44.6 Å². The molecule has 9 heteroatoms. The van der Waals surface area contributed by atoms with Gasteiger partial charge in [-0.05, 0) is 32.9 Å². The number of ketones is 1. The average molecular weight is 359 g/mol. The van der Waals surface area contributed by atoms with Crippen LogP contribution in [0.15, 0.2) is 22.8 Å². The second-order valence-electron chi connectivity index (χ2n) is 6.37. The van der Waals surface area contributed by atoms with Crippen molar-refractivity contribution in [3.8, 4) is 0 Å². The second-order valence-corrected chi connectivity index (χ2v) is 8.67. The molecule has 1 aromatic rings. The van der Waals surface area contributed by atoms with Crippen LogP contribution < -0.4 is 0 Å². The van der Waals surface area contributed by atoms with Crippen LogP contribution in [-0.4, -0.2) is 42.4 Å². The Bertz CT molecular complexity index is 641. The van der Waals surface area contributed by atoms with Gasteiger partial charge in [0.25, 0.3) is 0 Å². The number of nitrogens with zero attached hydrogens (tertiary/aromatic N) is 1. The predicted molar refractivity (Wildman–Crippen MR) is 84.6 cm³/mol. The molecule has 1 aliphatic heterocycles. The molecule has 0 unspecified atom stereocenters. The van der Waals surface area contributed by atoms with Crippen LogP contribution in [0.1, 0.15) is 39.0 Å². The first-order valence-electron chi connectivity index (χ1n) is 7.41. The molecule has 8 nitrogen and oxygen atoms in total. The number of likely N-dealkylation sites (tertiary alicyclic amines) is 1. The van der Waals surface area contributed by atoms with Crippen molar-refractivity contribution in [3.05, 3.63) is 24.2 Å². The molecular formula is C15H22NO7P. The molecule has 1 aliphatic rings. The van der Waals surface area contributed by atoms with Gasteiger partial charge in [-0.15, -0.1) is 0 Å². The Hall–Kier alpha value is -1.63. The molecule has 0 aliphatic carbocycles. The lowest BCUT2D eigenvalue weighted by atomic mass is 10.1. The summed E-state index contributed by atoms with van der Waals surface area (Å²) in [6.07, 6.45) is 0.593. The van der Waals surface area contributed by atoms with Gasteiger partial charge in [0.05, 0.1) is 6.26 Å². The lowest BCUT2D eigenvalue weighted by Crippen LogP contribution is -2.43. The van der Waals surface area contributed by atoms with Crippen LogP contribution in [0.3, 0.4) is 0 Å². The van der Waals surface area contributed by atoms with Gasteiger partial charge in [0.15, 0.2) is 11.6 Å². The third kappa shape index (κ3) is 3.55. The van der Waals surface area contributed by atoms with Crippen molar-refractivity contribution in [3.63, 3.8) is 0 Å². The Morgan fingerprint density at radius 3 is 2.42 bits per heavy atom. The molecule has 24 heavy (non-hydrogen) atoms. The van der Waals surface area contributed by atoms with Gasteiger partial charge in [-0.1, -0.05) is 0 Å². The van der Waals surface area contributed by atoms with Crippen LogP contribution >= 0.6 is 7.60 Å². The largest absolute Gasteiger partial charge is 0.467 e. The third-order valence-corrected chi connectivity index (χ3v) is 5.72. The Morgan fingerprint density at radius 2 is 1.96 bits per heavy atom. The van der Waals surface area contributed by atoms with Gasteiger partial charge in [-0.3, -0.25) is 14.3 Å². The van der Waals surface area contributed by atoms with Crippen molar-refractivity contribution >= 4 is 19.5 Å². The van der Waals surface area contributed by atoms with Gasteiger partial charge >= 0.3 is 13.7 Å². The van der Waals surface area contributed by atoms with E-state index in [2.05, 4.69) is 0 Å². The number of hydrogen-bond donors (Lipinski definition) is 0. The van der Waals surface area contributed by atoms with E-state index >= 15 is 0 Å². The minimum atomic E-state index is -3.87. The minimum absolute atomic E-state index is 0.0614. The van der Waals surface area contributed by atoms with Crippen molar-refractivity contribution in [2.75, 3.05) is 14.2 Å². The molecule has 0 spiro atoms. The molecule has 2 atom stereocenters. The maximum Gasteiger partial charge on any atom is 0.412 e. The number of Topliss-reactive ketones (excluding diaryl/α,β-unsaturated/α-hetero) is 1. The summed E-state index contributed by atoms with van der Waals surface area (Å²) in [5.41, 5.74) is -0.787. The van der Waals surface area contributed by atoms with Crippen molar-refractivity contribution in [1.29, 1.82) is 0 Å². The minimum Gasteiger partial charge on any atom is -0.467 e. The molecular weight excluding hydrogens is 337 g/mol. The van der Waals surface area contributed by atoms with E-state index in [1.807, 2.05) is 0 Å². The Kier molecular flexibility index (Phi) is 5.22. The highest BCUT2D eigenvalue weighted by Gasteiger charge is 2.56. The number of carbonyl (C=O) groups excluding carboxylic acids is 2. The first-order valence-corrected chi connectivity index (χ1v) is 9.03. The van der Waals surface area contributed by atoms with Crippen LogP contribution in [0.2, 0.25) is 0 Å². The number of carbonyl (C=O) groups is 2. The zero-order chi connectivity index (χ0) is 18.1. The summed E-state index contributed by atoms with van der Waals surface area (Å²) >= 11 is 0. The molecule has 0 radical (unpaired) electrons. The number of ether oxygens (including phenoxy) is 1. The summed E-state index contributed by atoms with van der Waals surface area (Å²) in [6.45, 7) is 5.10. The van der Waals surface area contributed by atoms with E-state index in [-0.39, 0.29) is 6.42 Å². The normalized spacial score (nSPS) is 22.0. The van der Waals surface area contributed by atoms with Crippen LogP contribution in [0, 0.1) is 0 Å². The highest BCUT2D eigenvalue weighted by Crippen LogP contribution is 2.58. The highest BCUT2D eigenvalue weighted by molar-refractivity contribution is 7.55. The molecule has 1 aromatic heterocycles. The summed E-state index contributed by atoms with van der Waals surface area (Å²) in [7, 11) is -1.52. The molecule has 2 heterocycles. The van der Waals surface area contributed by atoms with E-state index in [0.717, 1.165) is 4.90 Å². The van der Waals surface area contributed by atoms with E-state index in [1.165, 1.54) is 20.5 Å². The molecule has 1 amide bonds. The van der Waals surface area contributed by atoms with E-state index in [1.54, 1.807) is 32.9 Å². The van der Waals surface area contributed by atoms with Crippen LogP contribution in [-0.2, 0) is 23.1 Å². The van der Waals surface area contributed by atoms with Gasteiger partial charge in [0, 0.05) is 20.6 Å². The fourth-order valence-electron chi connectivity index (χ4n) is 2.58. The zero-order valence-electron chi connectivity index (χ0n) is 14.3. The Morgan fingerprint density at radius 1 is 1.33 bits per heavy atom. The average Bonchev–Trinajstić information content (AvgIpc) is 3.12. The number of furan rings is 1. The topological polar surface area (TPSA) is 95.3 Å². The Balaban J connectivity index is 2.46. The van der Waals surface area contributed by atoms with E-state index in [4.69, 9.17) is 18.2 Å². The molecule has 0 bridgehead atoms. The van der Waals surface area contributed by atoms with E-state index in [0.29, 0.717) is 5.76 Å². The fourth-order valence-corrected chi connectivity index (χ4v) is 4.15. The molecule has 2 rings (SSSR count). The summed E-state index contributed by atoms with van der Waals surface area (Å²) in [4.78, 5) is 26.3. The van der Waals surface area contributed by atoms with Crippen molar-refractivity contribution < 1.29 is 32.4 Å². The van der Waals surface area contributed by atoms with Crippen LogP contribution in [0.5, 0.6) is 0 Å². The second kappa shape index (κ2) is 6.70. The van der Waals surface area contributed by atoms with Crippen LogP contribution in [0.4, 0.5) is 4.79 Å². The number of hydrogen-bond acceptors (Lipinski definition) is 7. The fraction of sp³-hybridized carbons (Fsp3) is 0.600. The monoisotopic (exact) mass is 359 g/mol. The van der Waals surface area contributed by atoms with Gasteiger partial charge in [0.1, 0.15) is 17.4 Å². The van der Waals surface area contributed by atoms with Gasteiger partial charge in [-0.2, -0.15) is 0 Å². The maximum absolute atomic E-state index is 12.8. The molecule has 0 N–H and O–H groups in total. The van der Waals surface area contributed by atoms with E-state index < -0.39 is 36.9 Å². The standard InChI is InChI=1S/C15H22NO7P/c1-15(2,3)23-14(18)16-10(12-7-6-8-22-12)9-11(17)13(16)24(19,20-4)21-5/h6-8,10,13H,9H2,1-5H3/t10-,13-/m1/s1.